The Balaban J connectivity index is 2.01. The van der Waals surface area contributed by atoms with E-state index in [1.807, 2.05) is 47.8 Å². The fraction of sp³-hybridized carbons (Fsp3) is 0.111. The predicted molar refractivity (Wildman–Crippen MR) is 103 cm³/mol. The van der Waals surface area contributed by atoms with E-state index >= 15 is 0 Å². The standard InChI is InChI=1S/C18H16N2O5S2/c1-25-16-10-9-14(12-15(16)20(21)22)27(23,24)19-18(17-8-5-11-26-17)13-6-3-2-4-7-13/h2-12,18-19H,1H3. The van der Waals surface area contributed by atoms with Gasteiger partial charge in [-0.25, -0.2) is 8.42 Å². The van der Waals surface area contributed by atoms with E-state index < -0.39 is 26.7 Å². The molecule has 1 N–H and O–H groups in total. The second-order valence-corrected chi connectivity index (χ2v) is 8.26. The van der Waals surface area contributed by atoms with E-state index in [0.717, 1.165) is 16.5 Å². The molecule has 7 nitrogen and oxygen atoms in total. The van der Waals surface area contributed by atoms with Crippen LogP contribution in [0.4, 0.5) is 5.69 Å². The van der Waals surface area contributed by atoms with Crippen LogP contribution in [0.25, 0.3) is 0 Å². The van der Waals surface area contributed by atoms with Gasteiger partial charge in [-0.2, -0.15) is 4.72 Å². The number of nitro benzene ring substituents is 1. The Bertz CT molecular complexity index is 1030. The number of thiophene rings is 1. The molecule has 0 amide bonds. The number of benzene rings is 2. The molecule has 1 atom stereocenters. The fourth-order valence-corrected chi connectivity index (χ4v) is 4.69. The lowest BCUT2D eigenvalue weighted by Gasteiger charge is -2.18. The van der Waals surface area contributed by atoms with Crippen LogP contribution in [-0.4, -0.2) is 20.5 Å². The summed E-state index contributed by atoms with van der Waals surface area (Å²) in [5, 5.41) is 13.1. The van der Waals surface area contributed by atoms with Crippen molar-refractivity contribution >= 4 is 27.0 Å². The molecule has 27 heavy (non-hydrogen) atoms. The van der Waals surface area contributed by atoms with Crippen LogP contribution in [0.3, 0.4) is 0 Å². The maximum absolute atomic E-state index is 12.9. The highest BCUT2D eigenvalue weighted by Crippen LogP contribution is 2.31. The molecule has 3 rings (SSSR count). The maximum Gasteiger partial charge on any atom is 0.312 e. The second-order valence-electron chi connectivity index (χ2n) is 5.57. The number of methoxy groups -OCH3 is 1. The number of hydrogen-bond acceptors (Lipinski definition) is 6. The third-order valence-corrected chi connectivity index (χ3v) is 6.25. The highest BCUT2D eigenvalue weighted by atomic mass is 32.2. The first-order valence-corrected chi connectivity index (χ1v) is 10.2. The quantitative estimate of drug-likeness (QED) is 0.478. The maximum atomic E-state index is 12.9. The largest absolute Gasteiger partial charge is 0.490 e. The Hall–Kier alpha value is -2.75. The number of nitrogens with zero attached hydrogens (tertiary/aromatic N) is 1. The van der Waals surface area contributed by atoms with Crippen LogP contribution in [0.15, 0.2) is 70.9 Å². The lowest BCUT2D eigenvalue weighted by Crippen LogP contribution is -2.29. The van der Waals surface area contributed by atoms with Crippen molar-refractivity contribution in [3.8, 4) is 5.75 Å². The number of rotatable bonds is 7. The monoisotopic (exact) mass is 404 g/mol. The molecule has 140 valence electrons. The molecule has 2 aromatic carbocycles. The summed E-state index contributed by atoms with van der Waals surface area (Å²) in [6.07, 6.45) is 0. The van der Waals surface area contributed by atoms with E-state index in [9.17, 15) is 18.5 Å². The van der Waals surface area contributed by atoms with Crippen molar-refractivity contribution in [2.45, 2.75) is 10.9 Å². The van der Waals surface area contributed by atoms with Crippen molar-refractivity contribution in [1.82, 2.24) is 4.72 Å². The summed E-state index contributed by atoms with van der Waals surface area (Å²) >= 11 is 1.42. The first kappa shape index (κ1) is 19.0. The van der Waals surface area contributed by atoms with Gasteiger partial charge in [0.25, 0.3) is 0 Å². The third kappa shape index (κ3) is 4.16. The van der Waals surface area contributed by atoms with E-state index in [0.29, 0.717) is 0 Å². The molecule has 3 aromatic rings. The fourth-order valence-electron chi connectivity index (χ4n) is 2.59. The molecular weight excluding hydrogens is 388 g/mol. The topological polar surface area (TPSA) is 98.5 Å². The van der Waals surface area contributed by atoms with Crippen LogP contribution in [0, 0.1) is 10.1 Å². The zero-order valence-corrected chi connectivity index (χ0v) is 15.9. The van der Waals surface area contributed by atoms with Crippen LogP contribution in [-0.2, 0) is 10.0 Å². The molecule has 0 saturated carbocycles. The molecule has 0 saturated heterocycles. The van der Waals surface area contributed by atoms with Crippen molar-refractivity contribution in [1.29, 1.82) is 0 Å². The van der Waals surface area contributed by atoms with Gasteiger partial charge in [-0.3, -0.25) is 10.1 Å². The van der Waals surface area contributed by atoms with Gasteiger partial charge in [-0.1, -0.05) is 36.4 Å². The van der Waals surface area contributed by atoms with Crippen molar-refractivity contribution in [3.05, 3.63) is 86.6 Å². The Kier molecular flexibility index (Phi) is 5.54. The van der Waals surface area contributed by atoms with Gasteiger partial charge in [0, 0.05) is 10.9 Å². The van der Waals surface area contributed by atoms with Gasteiger partial charge in [0.15, 0.2) is 5.75 Å². The molecule has 0 aliphatic rings. The van der Waals surface area contributed by atoms with Crippen LogP contribution < -0.4 is 9.46 Å². The highest BCUT2D eigenvalue weighted by Gasteiger charge is 2.26. The zero-order chi connectivity index (χ0) is 19.4. The molecule has 0 fully saturated rings. The predicted octanol–water partition coefficient (Wildman–Crippen LogP) is 3.73. The average molecular weight is 404 g/mol. The van der Waals surface area contributed by atoms with E-state index in [1.54, 1.807) is 0 Å². The highest BCUT2D eigenvalue weighted by molar-refractivity contribution is 7.89. The van der Waals surface area contributed by atoms with E-state index in [1.165, 1.54) is 30.6 Å². The average Bonchev–Trinajstić information content (AvgIpc) is 3.20. The van der Waals surface area contributed by atoms with Crippen molar-refractivity contribution in [2.24, 2.45) is 0 Å². The van der Waals surface area contributed by atoms with Gasteiger partial charge < -0.3 is 4.74 Å². The molecular formula is C18H16N2O5S2. The molecule has 1 heterocycles. The molecule has 1 aromatic heterocycles. The smallest absolute Gasteiger partial charge is 0.312 e. The van der Waals surface area contributed by atoms with E-state index in [2.05, 4.69) is 4.72 Å². The third-order valence-electron chi connectivity index (χ3n) is 3.89. The molecule has 1 unspecified atom stereocenters. The Morgan fingerprint density at radius 1 is 1.11 bits per heavy atom. The van der Waals surface area contributed by atoms with Crippen LogP contribution in [0.2, 0.25) is 0 Å². The normalized spacial score (nSPS) is 12.5. The van der Waals surface area contributed by atoms with Crippen molar-refractivity contribution < 1.29 is 18.1 Å². The van der Waals surface area contributed by atoms with Gasteiger partial charge in [0.1, 0.15) is 0 Å². The number of sulfonamides is 1. The summed E-state index contributed by atoms with van der Waals surface area (Å²) in [6.45, 7) is 0. The van der Waals surface area contributed by atoms with Gasteiger partial charge in [-0.15, -0.1) is 11.3 Å². The summed E-state index contributed by atoms with van der Waals surface area (Å²) < 4.78 is 33.4. The van der Waals surface area contributed by atoms with Crippen LogP contribution in [0.5, 0.6) is 5.75 Å². The molecule has 0 aliphatic carbocycles. The zero-order valence-electron chi connectivity index (χ0n) is 14.2. The summed E-state index contributed by atoms with van der Waals surface area (Å²) in [4.78, 5) is 11.1. The van der Waals surface area contributed by atoms with Crippen molar-refractivity contribution in [2.75, 3.05) is 7.11 Å². The Labute approximate surface area is 160 Å². The first-order valence-electron chi connectivity index (χ1n) is 7.85. The van der Waals surface area contributed by atoms with Crippen molar-refractivity contribution in [3.63, 3.8) is 0 Å². The molecule has 0 radical (unpaired) electrons. The Morgan fingerprint density at radius 3 is 2.44 bits per heavy atom. The lowest BCUT2D eigenvalue weighted by atomic mass is 10.1. The summed E-state index contributed by atoms with van der Waals surface area (Å²) in [6, 6.07) is 15.8. The summed E-state index contributed by atoms with van der Waals surface area (Å²) in [7, 11) is -2.73. The number of ether oxygens (including phenoxy) is 1. The minimum absolute atomic E-state index is 0.00295. The van der Waals surface area contributed by atoms with Gasteiger partial charge in [-0.05, 0) is 29.1 Å². The molecule has 0 spiro atoms. The minimum Gasteiger partial charge on any atom is -0.490 e. The van der Waals surface area contributed by atoms with Gasteiger partial charge >= 0.3 is 5.69 Å². The summed E-state index contributed by atoms with van der Waals surface area (Å²) in [5.74, 6) is -0.00295. The second kappa shape index (κ2) is 7.87. The van der Waals surface area contributed by atoms with Gasteiger partial charge in [0.05, 0.1) is 23.0 Å². The number of nitro groups is 1. The molecule has 0 bridgehead atoms. The first-order chi connectivity index (χ1) is 12.9. The SMILES string of the molecule is COc1ccc(S(=O)(=O)NC(c2ccccc2)c2cccs2)cc1[N+](=O)[O-]. The van der Waals surface area contributed by atoms with Crippen LogP contribution in [0.1, 0.15) is 16.5 Å². The Morgan fingerprint density at radius 2 is 1.85 bits per heavy atom. The molecule has 0 aliphatic heterocycles. The van der Waals surface area contributed by atoms with E-state index in [4.69, 9.17) is 4.74 Å². The molecule has 9 heteroatoms. The van der Waals surface area contributed by atoms with Crippen LogP contribution >= 0.6 is 11.3 Å². The van der Waals surface area contributed by atoms with E-state index in [-0.39, 0.29) is 10.6 Å². The van der Waals surface area contributed by atoms with Gasteiger partial charge in [0.2, 0.25) is 10.0 Å². The lowest BCUT2D eigenvalue weighted by molar-refractivity contribution is -0.386. The minimum atomic E-state index is -4.02. The number of hydrogen-bond donors (Lipinski definition) is 1. The summed E-state index contributed by atoms with van der Waals surface area (Å²) in [5.41, 5.74) is 0.360. The number of nitrogens with one attached hydrogen (secondary N) is 1.